The van der Waals surface area contributed by atoms with Crippen LogP contribution in [0.4, 0.5) is 0 Å². The van der Waals surface area contributed by atoms with Crippen LogP contribution in [0, 0.1) is 5.41 Å². The van der Waals surface area contributed by atoms with Crippen molar-refractivity contribution in [2.45, 2.75) is 45.3 Å². The Morgan fingerprint density at radius 2 is 2.07 bits per heavy atom. The summed E-state index contributed by atoms with van der Waals surface area (Å²) >= 11 is 0. The van der Waals surface area contributed by atoms with Crippen LogP contribution in [-0.4, -0.2) is 51.7 Å². The van der Waals surface area contributed by atoms with Crippen LogP contribution < -0.4 is 10.6 Å². The fourth-order valence-corrected chi connectivity index (χ4v) is 3.52. The van der Waals surface area contributed by atoms with Crippen molar-refractivity contribution in [3.63, 3.8) is 0 Å². The van der Waals surface area contributed by atoms with Crippen molar-refractivity contribution in [1.29, 1.82) is 0 Å². The number of hydrogen-bond donors (Lipinski definition) is 3. The molecule has 0 spiro atoms. The van der Waals surface area contributed by atoms with Crippen molar-refractivity contribution in [2.75, 3.05) is 19.6 Å². The molecule has 2 atom stereocenters. The fourth-order valence-electron chi connectivity index (χ4n) is 3.52. The Balaban J connectivity index is 1.67. The number of carbonyl (C=O) groups excluding carboxylic acids is 1. The van der Waals surface area contributed by atoms with Gasteiger partial charge < -0.3 is 15.7 Å². The molecule has 1 aliphatic rings. The van der Waals surface area contributed by atoms with Gasteiger partial charge in [0.2, 0.25) is 0 Å². The SMILES string of the molecule is CC(O)C(C)(CNC(=O)c1cnnn1C1CCNCC1)Cc1ccccc1. The number of rotatable bonds is 7. The molecule has 2 aromatic rings. The van der Waals surface area contributed by atoms with Crippen LogP contribution in [0.3, 0.4) is 0 Å². The van der Waals surface area contributed by atoms with Crippen LogP contribution in [0.2, 0.25) is 0 Å². The van der Waals surface area contributed by atoms with Crippen LogP contribution in [0.25, 0.3) is 0 Å². The van der Waals surface area contributed by atoms with Crippen molar-refractivity contribution >= 4 is 5.91 Å². The highest BCUT2D eigenvalue weighted by molar-refractivity contribution is 5.92. The second kappa shape index (κ2) is 8.63. The van der Waals surface area contributed by atoms with Gasteiger partial charge in [0.05, 0.1) is 18.3 Å². The Morgan fingerprint density at radius 1 is 1.37 bits per heavy atom. The van der Waals surface area contributed by atoms with Gasteiger partial charge in [-0.2, -0.15) is 0 Å². The third-order valence-corrected chi connectivity index (χ3v) is 5.57. The molecule has 146 valence electrons. The van der Waals surface area contributed by atoms with Gasteiger partial charge in [0.25, 0.3) is 5.91 Å². The van der Waals surface area contributed by atoms with Gasteiger partial charge in [-0.1, -0.05) is 42.5 Å². The smallest absolute Gasteiger partial charge is 0.271 e. The number of aliphatic hydroxyl groups is 1. The summed E-state index contributed by atoms with van der Waals surface area (Å²) in [5.41, 5.74) is 1.15. The number of aromatic nitrogens is 3. The molecule has 2 unspecified atom stereocenters. The Hall–Kier alpha value is -2.25. The van der Waals surface area contributed by atoms with E-state index in [9.17, 15) is 9.90 Å². The lowest BCUT2D eigenvalue weighted by molar-refractivity contribution is 0.0497. The minimum Gasteiger partial charge on any atom is -0.393 e. The normalized spacial score (nSPS) is 18.6. The lowest BCUT2D eigenvalue weighted by Gasteiger charge is -2.33. The lowest BCUT2D eigenvalue weighted by atomic mass is 9.79. The maximum atomic E-state index is 12.8. The first-order valence-electron chi connectivity index (χ1n) is 9.61. The predicted octanol–water partition coefficient (Wildman–Crippen LogP) is 1.56. The van der Waals surface area contributed by atoms with Gasteiger partial charge in [0.1, 0.15) is 5.69 Å². The van der Waals surface area contributed by atoms with Gasteiger partial charge >= 0.3 is 0 Å². The van der Waals surface area contributed by atoms with Crippen molar-refractivity contribution in [1.82, 2.24) is 25.6 Å². The predicted molar refractivity (Wildman–Crippen MR) is 103 cm³/mol. The van der Waals surface area contributed by atoms with E-state index < -0.39 is 11.5 Å². The van der Waals surface area contributed by atoms with Crippen molar-refractivity contribution in [3.8, 4) is 0 Å². The number of piperidine rings is 1. The zero-order valence-corrected chi connectivity index (χ0v) is 16.1. The highest BCUT2D eigenvalue weighted by Crippen LogP contribution is 2.26. The number of nitrogens with zero attached hydrogens (tertiary/aromatic N) is 3. The summed E-state index contributed by atoms with van der Waals surface area (Å²) < 4.78 is 1.74. The summed E-state index contributed by atoms with van der Waals surface area (Å²) in [4.78, 5) is 12.8. The first kappa shape index (κ1) is 19.5. The third-order valence-electron chi connectivity index (χ3n) is 5.57. The van der Waals surface area contributed by atoms with E-state index in [-0.39, 0.29) is 11.9 Å². The van der Waals surface area contributed by atoms with Gasteiger partial charge in [-0.05, 0) is 44.8 Å². The molecule has 1 fully saturated rings. The zero-order chi connectivity index (χ0) is 19.3. The maximum absolute atomic E-state index is 12.8. The molecule has 3 N–H and O–H groups in total. The molecule has 0 radical (unpaired) electrons. The zero-order valence-electron chi connectivity index (χ0n) is 16.1. The van der Waals surface area contributed by atoms with E-state index in [2.05, 4.69) is 20.9 Å². The standard InChI is InChI=1S/C20H29N5O2/c1-15(26)20(2,12-16-6-4-3-5-7-16)14-22-19(27)18-13-23-24-25(18)17-8-10-21-11-9-17/h3-7,13,15,17,21,26H,8-12,14H2,1-2H3,(H,22,27). The molecule has 1 aromatic carbocycles. The molecule has 0 saturated carbocycles. The van der Waals surface area contributed by atoms with Gasteiger partial charge in [0, 0.05) is 12.0 Å². The maximum Gasteiger partial charge on any atom is 0.271 e. The molecule has 7 heteroatoms. The van der Waals surface area contributed by atoms with E-state index in [1.165, 1.54) is 6.20 Å². The lowest BCUT2D eigenvalue weighted by Crippen LogP contribution is -2.44. The number of nitrogens with one attached hydrogen (secondary N) is 2. The molecule has 3 rings (SSSR count). The van der Waals surface area contributed by atoms with E-state index in [1.54, 1.807) is 11.6 Å². The van der Waals surface area contributed by atoms with Crippen LogP contribution in [0.5, 0.6) is 0 Å². The quantitative estimate of drug-likeness (QED) is 0.687. The topological polar surface area (TPSA) is 92.1 Å². The van der Waals surface area contributed by atoms with Gasteiger partial charge in [-0.15, -0.1) is 5.10 Å². The third kappa shape index (κ3) is 4.73. The molecular formula is C20H29N5O2. The minimum atomic E-state index is -0.564. The van der Waals surface area contributed by atoms with Crippen LogP contribution in [0.1, 0.15) is 48.8 Å². The summed E-state index contributed by atoms with van der Waals surface area (Å²) in [5, 5.41) is 24.7. The minimum absolute atomic E-state index is 0.196. The number of benzene rings is 1. The average molecular weight is 371 g/mol. The number of amides is 1. The molecule has 1 saturated heterocycles. The Kier molecular flexibility index (Phi) is 6.23. The van der Waals surface area contributed by atoms with Gasteiger partial charge in [-0.3, -0.25) is 4.79 Å². The van der Waals surface area contributed by atoms with Crippen LogP contribution >= 0.6 is 0 Å². The molecule has 1 amide bonds. The first-order valence-corrected chi connectivity index (χ1v) is 9.61. The second-order valence-electron chi connectivity index (χ2n) is 7.72. The highest BCUT2D eigenvalue weighted by atomic mass is 16.3. The monoisotopic (exact) mass is 371 g/mol. The summed E-state index contributed by atoms with van der Waals surface area (Å²) in [6.45, 7) is 5.98. The van der Waals surface area contributed by atoms with Crippen molar-refractivity contribution < 1.29 is 9.90 Å². The summed E-state index contributed by atoms with van der Waals surface area (Å²) in [6, 6.07) is 10.2. The van der Waals surface area contributed by atoms with E-state index >= 15 is 0 Å². The molecule has 0 aliphatic carbocycles. The fraction of sp³-hybridized carbons (Fsp3) is 0.550. The van der Waals surface area contributed by atoms with Crippen LogP contribution in [-0.2, 0) is 6.42 Å². The van der Waals surface area contributed by atoms with Gasteiger partial charge in [-0.25, -0.2) is 4.68 Å². The largest absolute Gasteiger partial charge is 0.393 e. The second-order valence-corrected chi connectivity index (χ2v) is 7.72. The molecule has 1 aliphatic heterocycles. The molecule has 2 heterocycles. The Morgan fingerprint density at radius 3 is 2.74 bits per heavy atom. The summed E-state index contributed by atoms with van der Waals surface area (Å²) in [7, 11) is 0. The number of aliphatic hydroxyl groups excluding tert-OH is 1. The summed E-state index contributed by atoms with van der Waals surface area (Å²) in [6.07, 6.45) is 3.50. The van der Waals surface area contributed by atoms with E-state index in [1.807, 2.05) is 37.3 Å². The Labute approximate surface area is 160 Å². The summed E-state index contributed by atoms with van der Waals surface area (Å²) in [5.74, 6) is -0.196. The van der Waals surface area contributed by atoms with E-state index in [0.717, 1.165) is 31.5 Å². The molecule has 1 aromatic heterocycles. The van der Waals surface area contributed by atoms with E-state index in [0.29, 0.717) is 18.7 Å². The highest BCUT2D eigenvalue weighted by Gasteiger charge is 2.32. The molecule has 7 nitrogen and oxygen atoms in total. The molecule has 27 heavy (non-hydrogen) atoms. The van der Waals surface area contributed by atoms with Crippen molar-refractivity contribution in [3.05, 3.63) is 47.8 Å². The number of carbonyl (C=O) groups is 1. The Bertz CT molecular complexity index is 740. The van der Waals surface area contributed by atoms with Crippen molar-refractivity contribution in [2.24, 2.45) is 5.41 Å². The number of hydrogen-bond acceptors (Lipinski definition) is 5. The first-order chi connectivity index (χ1) is 13.0. The van der Waals surface area contributed by atoms with Gasteiger partial charge in [0.15, 0.2) is 0 Å². The molecular weight excluding hydrogens is 342 g/mol. The average Bonchev–Trinajstić information content (AvgIpc) is 3.17. The van der Waals surface area contributed by atoms with Crippen LogP contribution in [0.15, 0.2) is 36.5 Å². The molecule has 0 bridgehead atoms. The van der Waals surface area contributed by atoms with E-state index in [4.69, 9.17) is 0 Å².